The highest BCUT2D eigenvalue weighted by atomic mass is 32.2. The number of anilines is 1. The second kappa shape index (κ2) is 7.14. The number of amides is 2. The Kier molecular flexibility index (Phi) is 5.40. The minimum atomic E-state index is -3.37. The summed E-state index contributed by atoms with van der Waals surface area (Å²) in [6.07, 6.45) is 0. The first kappa shape index (κ1) is 18.2. The largest absolute Gasteiger partial charge is 0.355 e. The molecule has 128 valence electrons. The fraction of sp³-hybridized carbons (Fsp3) is 0.250. The molecule has 0 unspecified atom stereocenters. The molecular weight excluding hydrogens is 348 g/mol. The molecule has 0 fully saturated rings. The van der Waals surface area contributed by atoms with Crippen LogP contribution in [0.15, 0.2) is 40.6 Å². The second-order valence-corrected chi connectivity index (χ2v) is 8.74. The zero-order valence-corrected chi connectivity index (χ0v) is 15.1. The molecule has 1 heterocycles. The molecule has 6 nitrogen and oxygen atoms in total. The van der Waals surface area contributed by atoms with E-state index in [1.807, 2.05) is 0 Å². The summed E-state index contributed by atoms with van der Waals surface area (Å²) in [6.45, 7) is 3.21. The van der Waals surface area contributed by atoms with Gasteiger partial charge in [0.05, 0.1) is 15.7 Å². The molecule has 24 heavy (non-hydrogen) atoms. The number of carbonyl (C=O) groups is 2. The predicted molar refractivity (Wildman–Crippen MR) is 94.4 cm³/mol. The van der Waals surface area contributed by atoms with Crippen LogP contribution < -0.4 is 10.6 Å². The molecule has 0 aliphatic rings. The summed E-state index contributed by atoms with van der Waals surface area (Å²) in [4.78, 5) is 24.2. The second-order valence-electron chi connectivity index (χ2n) is 5.31. The summed E-state index contributed by atoms with van der Waals surface area (Å²) in [7, 11) is -1.86. The average Bonchev–Trinajstić information content (AvgIpc) is 3.02. The van der Waals surface area contributed by atoms with Gasteiger partial charge in [0.15, 0.2) is 9.84 Å². The Morgan fingerprint density at radius 3 is 2.21 bits per heavy atom. The van der Waals surface area contributed by atoms with Crippen LogP contribution in [0.2, 0.25) is 0 Å². The lowest BCUT2D eigenvalue weighted by atomic mass is 10.2. The molecule has 0 saturated heterocycles. The van der Waals surface area contributed by atoms with Crippen LogP contribution in [-0.4, -0.2) is 32.5 Å². The van der Waals surface area contributed by atoms with Crippen LogP contribution in [-0.2, 0) is 9.84 Å². The fourth-order valence-electron chi connectivity index (χ4n) is 1.96. The van der Waals surface area contributed by atoms with E-state index < -0.39 is 21.0 Å². The highest BCUT2D eigenvalue weighted by Crippen LogP contribution is 2.24. The third kappa shape index (κ3) is 3.65. The molecule has 0 aliphatic heterocycles. The third-order valence-electron chi connectivity index (χ3n) is 3.43. The maximum atomic E-state index is 12.3. The van der Waals surface area contributed by atoms with Crippen molar-refractivity contribution < 1.29 is 18.0 Å². The quantitative estimate of drug-likeness (QED) is 0.850. The lowest BCUT2D eigenvalue weighted by Crippen LogP contribution is -2.20. The number of benzene rings is 1. The topological polar surface area (TPSA) is 92.3 Å². The van der Waals surface area contributed by atoms with Gasteiger partial charge in [0.1, 0.15) is 5.00 Å². The van der Waals surface area contributed by atoms with E-state index in [2.05, 4.69) is 10.6 Å². The summed E-state index contributed by atoms with van der Waals surface area (Å²) in [6, 6.07) is 7.36. The van der Waals surface area contributed by atoms with Crippen molar-refractivity contribution in [2.24, 2.45) is 0 Å². The monoisotopic (exact) mass is 366 g/mol. The van der Waals surface area contributed by atoms with Gasteiger partial charge in [-0.2, -0.15) is 0 Å². The summed E-state index contributed by atoms with van der Waals surface area (Å²) in [5, 5.41) is 6.80. The lowest BCUT2D eigenvalue weighted by molar-refractivity contribution is 0.0964. The zero-order chi connectivity index (χ0) is 17.9. The van der Waals surface area contributed by atoms with Crippen molar-refractivity contribution >= 4 is 38.0 Å². The third-order valence-corrected chi connectivity index (χ3v) is 6.43. The first-order valence-corrected chi connectivity index (χ1v) is 9.65. The van der Waals surface area contributed by atoms with E-state index in [4.69, 9.17) is 0 Å². The first-order chi connectivity index (χ1) is 11.3. The van der Waals surface area contributed by atoms with E-state index in [1.54, 1.807) is 25.3 Å². The number of hydrogen-bond donors (Lipinski definition) is 2. The van der Waals surface area contributed by atoms with Gasteiger partial charge in [-0.1, -0.05) is 0 Å². The van der Waals surface area contributed by atoms with E-state index in [0.29, 0.717) is 16.1 Å². The van der Waals surface area contributed by atoms with Crippen molar-refractivity contribution in [3.05, 3.63) is 46.8 Å². The van der Waals surface area contributed by atoms with Crippen molar-refractivity contribution in [2.75, 3.05) is 12.4 Å². The molecular formula is C16H18N2O4S2. The lowest BCUT2D eigenvalue weighted by Gasteiger charge is -2.09. The Morgan fingerprint density at radius 2 is 1.67 bits per heavy atom. The van der Waals surface area contributed by atoms with Gasteiger partial charge in [-0.25, -0.2) is 8.42 Å². The number of carbonyl (C=O) groups excluding carboxylic acids is 2. The Bertz CT molecular complexity index is 852. The zero-order valence-electron chi connectivity index (χ0n) is 13.5. The molecule has 1 aromatic carbocycles. The molecule has 2 rings (SSSR count). The molecule has 2 N–H and O–H groups in total. The highest BCUT2D eigenvalue weighted by molar-refractivity contribution is 7.92. The summed E-state index contributed by atoms with van der Waals surface area (Å²) in [5.74, 6) is -0.693. The van der Waals surface area contributed by atoms with Crippen LogP contribution in [0.5, 0.6) is 0 Å². The normalized spacial score (nSPS) is 11.3. The minimum Gasteiger partial charge on any atom is -0.355 e. The van der Waals surface area contributed by atoms with Crippen LogP contribution in [0.4, 0.5) is 5.00 Å². The van der Waals surface area contributed by atoms with Crippen LogP contribution in [0.25, 0.3) is 0 Å². The van der Waals surface area contributed by atoms with E-state index >= 15 is 0 Å². The number of sulfone groups is 1. The Balaban J connectivity index is 2.20. The van der Waals surface area contributed by atoms with Gasteiger partial charge in [0.2, 0.25) is 0 Å². The number of hydrogen-bond acceptors (Lipinski definition) is 5. The van der Waals surface area contributed by atoms with Crippen LogP contribution >= 0.6 is 11.3 Å². The van der Waals surface area contributed by atoms with Crippen LogP contribution in [0, 0.1) is 0 Å². The van der Waals surface area contributed by atoms with E-state index in [-0.39, 0.29) is 10.8 Å². The van der Waals surface area contributed by atoms with Crippen molar-refractivity contribution in [3.63, 3.8) is 0 Å². The molecule has 1 aromatic heterocycles. The maximum absolute atomic E-state index is 12.3. The highest BCUT2D eigenvalue weighted by Gasteiger charge is 2.20. The summed E-state index contributed by atoms with van der Waals surface area (Å²) < 4.78 is 24.2. The van der Waals surface area contributed by atoms with Gasteiger partial charge >= 0.3 is 0 Å². The van der Waals surface area contributed by atoms with Crippen molar-refractivity contribution in [2.45, 2.75) is 24.0 Å². The van der Waals surface area contributed by atoms with Crippen LogP contribution in [0.3, 0.4) is 0 Å². The smallest absolute Gasteiger partial charge is 0.256 e. The van der Waals surface area contributed by atoms with Gasteiger partial charge in [-0.3, -0.25) is 9.59 Å². The van der Waals surface area contributed by atoms with Gasteiger partial charge < -0.3 is 10.6 Å². The fourth-order valence-corrected chi connectivity index (χ4v) is 3.80. The van der Waals surface area contributed by atoms with Gasteiger partial charge in [-0.15, -0.1) is 11.3 Å². The number of nitrogens with one attached hydrogen (secondary N) is 2. The summed E-state index contributed by atoms with van der Waals surface area (Å²) in [5.41, 5.74) is 0.698. The Hall–Kier alpha value is -2.19. The van der Waals surface area contributed by atoms with Crippen molar-refractivity contribution in [1.82, 2.24) is 5.32 Å². The molecule has 2 aromatic rings. The summed E-state index contributed by atoms with van der Waals surface area (Å²) >= 11 is 1.24. The Labute approximate surface area is 144 Å². The molecule has 8 heteroatoms. The average molecular weight is 366 g/mol. The molecule has 2 amide bonds. The number of thiophene rings is 1. The standard InChI is InChI=1S/C16H18N2O4S2/c1-10(2)24(21,22)12-6-4-11(5-7-12)14(19)18-16-13(8-9-23-16)15(20)17-3/h4-10H,1-3H3,(H,17,20)(H,18,19). The number of rotatable bonds is 5. The molecule has 0 spiro atoms. The van der Waals surface area contributed by atoms with Crippen molar-refractivity contribution in [1.29, 1.82) is 0 Å². The maximum Gasteiger partial charge on any atom is 0.256 e. The van der Waals surface area contributed by atoms with Gasteiger partial charge in [0.25, 0.3) is 11.8 Å². The molecule has 0 atom stereocenters. The van der Waals surface area contributed by atoms with Gasteiger partial charge in [-0.05, 0) is 49.6 Å². The van der Waals surface area contributed by atoms with E-state index in [1.165, 1.54) is 42.6 Å². The molecule has 0 saturated carbocycles. The minimum absolute atomic E-state index is 0.177. The van der Waals surface area contributed by atoms with E-state index in [9.17, 15) is 18.0 Å². The molecule has 0 bridgehead atoms. The van der Waals surface area contributed by atoms with Crippen molar-refractivity contribution in [3.8, 4) is 0 Å². The first-order valence-electron chi connectivity index (χ1n) is 7.22. The van der Waals surface area contributed by atoms with Gasteiger partial charge in [0, 0.05) is 12.6 Å². The predicted octanol–water partition coefficient (Wildman–Crippen LogP) is 2.54. The molecule has 0 aliphatic carbocycles. The molecule has 0 radical (unpaired) electrons. The SMILES string of the molecule is CNC(=O)c1ccsc1NC(=O)c1ccc(S(=O)(=O)C(C)C)cc1. The Morgan fingerprint density at radius 1 is 1.04 bits per heavy atom. The van der Waals surface area contributed by atoms with Crippen LogP contribution in [0.1, 0.15) is 34.6 Å². The van der Waals surface area contributed by atoms with E-state index in [0.717, 1.165) is 0 Å².